The molecule has 126 valence electrons. The molecule has 0 fully saturated rings. The van der Waals surface area contributed by atoms with Crippen LogP contribution in [0.25, 0.3) is 0 Å². The normalized spacial score (nSPS) is 11.7. The van der Waals surface area contributed by atoms with E-state index in [1.54, 1.807) is 0 Å². The highest BCUT2D eigenvalue weighted by Gasteiger charge is 2.17. The summed E-state index contributed by atoms with van der Waals surface area (Å²) < 4.78 is 5.34. The van der Waals surface area contributed by atoms with E-state index >= 15 is 0 Å². The van der Waals surface area contributed by atoms with E-state index in [0.717, 1.165) is 18.4 Å². The Hall–Kier alpha value is -2.42. The van der Waals surface area contributed by atoms with Crippen molar-refractivity contribution in [1.82, 2.24) is 0 Å². The molecule has 1 atom stereocenters. The summed E-state index contributed by atoms with van der Waals surface area (Å²) in [5.41, 5.74) is 2.34. The average molecular weight is 324 g/mol. The minimum absolute atomic E-state index is 0.137. The zero-order valence-electron chi connectivity index (χ0n) is 14.1. The molecule has 0 aromatic heterocycles. The van der Waals surface area contributed by atoms with Gasteiger partial charge < -0.3 is 4.74 Å². The Morgan fingerprint density at radius 2 is 1.42 bits per heavy atom. The molecule has 2 aromatic carbocycles. The van der Waals surface area contributed by atoms with Gasteiger partial charge in [-0.25, -0.2) is 0 Å². The summed E-state index contributed by atoms with van der Waals surface area (Å²) in [5, 5.41) is 0. The van der Waals surface area contributed by atoms with Gasteiger partial charge in [-0.1, -0.05) is 60.7 Å². The van der Waals surface area contributed by atoms with Crippen LogP contribution in [0.3, 0.4) is 0 Å². The number of ether oxygens (including phenoxy) is 1. The molecule has 0 aliphatic carbocycles. The molecule has 0 saturated carbocycles. The Morgan fingerprint density at radius 3 is 1.96 bits per heavy atom. The number of carbonyl (C=O) groups is 2. The third-order valence-electron chi connectivity index (χ3n) is 3.92. The Balaban J connectivity index is 1.83. The fourth-order valence-corrected chi connectivity index (χ4v) is 2.69. The van der Waals surface area contributed by atoms with E-state index in [1.165, 1.54) is 12.5 Å². The van der Waals surface area contributed by atoms with Gasteiger partial charge in [0.05, 0.1) is 0 Å². The lowest BCUT2D eigenvalue weighted by molar-refractivity contribution is -0.147. The second-order valence-corrected chi connectivity index (χ2v) is 5.98. The van der Waals surface area contributed by atoms with Crippen LogP contribution in [0.15, 0.2) is 60.7 Å². The molecule has 0 saturated heterocycles. The van der Waals surface area contributed by atoms with Gasteiger partial charge in [0.15, 0.2) is 0 Å². The van der Waals surface area contributed by atoms with Crippen molar-refractivity contribution in [3.63, 3.8) is 0 Å². The van der Waals surface area contributed by atoms with Crippen LogP contribution in [0, 0.1) is 0 Å². The van der Waals surface area contributed by atoms with Crippen LogP contribution in [-0.4, -0.2) is 17.9 Å². The Morgan fingerprint density at radius 1 is 0.875 bits per heavy atom. The third kappa shape index (κ3) is 6.78. The van der Waals surface area contributed by atoms with Crippen LogP contribution >= 0.6 is 0 Å². The van der Waals surface area contributed by atoms with Crippen LogP contribution in [-0.2, 0) is 27.2 Å². The first-order valence-corrected chi connectivity index (χ1v) is 8.40. The van der Waals surface area contributed by atoms with Crippen molar-refractivity contribution in [3.05, 3.63) is 71.8 Å². The van der Waals surface area contributed by atoms with Crippen molar-refractivity contribution in [3.8, 4) is 0 Å². The number of ketones is 1. The molecule has 3 heteroatoms. The Kier molecular flexibility index (Phi) is 7.21. The van der Waals surface area contributed by atoms with E-state index < -0.39 is 0 Å². The van der Waals surface area contributed by atoms with Gasteiger partial charge in [0, 0.05) is 19.8 Å². The lowest BCUT2D eigenvalue weighted by atomic mass is 10.00. The van der Waals surface area contributed by atoms with E-state index in [9.17, 15) is 9.59 Å². The number of carbonyl (C=O) groups excluding carboxylic acids is 2. The lowest BCUT2D eigenvalue weighted by Gasteiger charge is -2.16. The highest BCUT2D eigenvalue weighted by atomic mass is 16.5. The largest absolute Gasteiger partial charge is 0.462 e. The van der Waals surface area contributed by atoms with Gasteiger partial charge in [-0.2, -0.15) is 0 Å². The van der Waals surface area contributed by atoms with Crippen molar-refractivity contribution >= 4 is 11.8 Å². The van der Waals surface area contributed by atoms with Gasteiger partial charge in [-0.15, -0.1) is 0 Å². The first kappa shape index (κ1) is 17.9. The molecule has 24 heavy (non-hydrogen) atoms. The van der Waals surface area contributed by atoms with Crippen molar-refractivity contribution in [1.29, 1.82) is 0 Å². The fraction of sp³-hybridized carbons (Fsp3) is 0.333. The summed E-state index contributed by atoms with van der Waals surface area (Å²) in [6.07, 6.45) is 2.62. The zero-order valence-corrected chi connectivity index (χ0v) is 14.1. The third-order valence-corrected chi connectivity index (χ3v) is 3.92. The molecule has 2 aromatic rings. The number of rotatable bonds is 9. The van der Waals surface area contributed by atoms with Crippen LogP contribution in [0.2, 0.25) is 0 Å². The van der Waals surface area contributed by atoms with Crippen LogP contribution in [0.4, 0.5) is 0 Å². The van der Waals surface area contributed by atoms with Gasteiger partial charge in [0.25, 0.3) is 0 Å². The predicted octanol–water partition coefficient (Wildman–Crippen LogP) is 4.14. The molecule has 0 aliphatic rings. The molecule has 2 rings (SSSR count). The molecule has 0 aliphatic heterocycles. The fourth-order valence-electron chi connectivity index (χ4n) is 2.69. The van der Waals surface area contributed by atoms with E-state index in [2.05, 4.69) is 0 Å². The molecule has 0 heterocycles. The second kappa shape index (κ2) is 9.66. The SMILES string of the molecule is CC(=O)OC(CCc1ccccc1)CC(=O)CCc1ccccc1. The second-order valence-electron chi connectivity index (χ2n) is 5.98. The maximum Gasteiger partial charge on any atom is 0.302 e. The summed E-state index contributed by atoms with van der Waals surface area (Å²) in [7, 11) is 0. The predicted molar refractivity (Wildman–Crippen MR) is 94.7 cm³/mol. The highest BCUT2D eigenvalue weighted by Crippen LogP contribution is 2.13. The maximum absolute atomic E-state index is 12.2. The van der Waals surface area contributed by atoms with E-state index in [0.29, 0.717) is 19.3 Å². The lowest BCUT2D eigenvalue weighted by Crippen LogP contribution is -2.21. The number of hydrogen-bond donors (Lipinski definition) is 0. The number of aryl methyl sites for hydroxylation is 2. The minimum atomic E-state index is -0.342. The van der Waals surface area contributed by atoms with Crippen LogP contribution in [0.5, 0.6) is 0 Å². The van der Waals surface area contributed by atoms with Crippen LogP contribution < -0.4 is 0 Å². The van der Waals surface area contributed by atoms with Gasteiger partial charge in [0.2, 0.25) is 0 Å². The molecule has 0 amide bonds. The summed E-state index contributed by atoms with van der Waals surface area (Å²) in [5.74, 6) is -0.193. The van der Waals surface area contributed by atoms with Gasteiger partial charge in [-0.05, 0) is 30.4 Å². The zero-order chi connectivity index (χ0) is 17.2. The smallest absolute Gasteiger partial charge is 0.302 e. The average Bonchev–Trinajstić information content (AvgIpc) is 2.59. The summed E-state index contributed by atoms with van der Waals surface area (Å²) in [6, 6.07) is 20.0. The van der Waals surface area contributed by atoms with Crippen molar-refractivity contribution in [2.24, 2.45) is 0 Å². The molecule has 0 bridgehead atoms. The first-order valence-electron chi connectivity index (χ1n) is 8.40. The van der Waals surface area contributed by atoms with Crippen molar-refractivity contribution < 1.29 is 14.3 Å². The molecular weight excluding hydrogens is 300 g/mol. The minimum Gasteiger partial charge on any atom is -0.462 e. The molecule has 0 N–H and O–H groups in total. The summed E-state index contributed by atoms with van der Waals surface area (Å²) in [6.45, 7) is 1.39. The number of benzene rings is 2. The molecule has 1 unspecified atom stereocenters. The summed E-state index contributed by atoms with van der Waals surface area (Å²) >= 11 is 0. The van der Waals surface area contributed by atoms with E-state index in [4.69, 9.17) is 4.74 Å². The van der Waals surface area contributed by atoms with Crippen molar-refractivity contribution in [2.45, 2.75) is 45.1 Å². The standard InChI is InChI=1S/C21H24O3/c1-17(22)24-21(15-13-19-10-6-3-7-11-19)16-20(23)14-12-18-8-4-2-5-9-18/h2-11,21H,12-16H2,1H3. The Bertz CT molecular complexity index is 635. The van der Waals surface area contributed by atoms with Crippen LogP contribution in [0.1, 0.15) is 37.3 Å². The molecule has 0 radical (unpaired) electrons. The van der Waals surface area contributed by atoms with Gasteiger partial charge >= 0.3 is 5.97 Å². The van der Waals surface area contributed by atoms with Crippen molar-refractivity contribution in [2.75, 3.05) is 0 Å². The first-order chi connectivity index (χ1) is 11.6. The monoisotopic (exact) mass is 324 g/mol. The summed E-state index contributed by atoms with van der Waals surface area (Å²) in [4.78, 5) is 23.5. The quantitative estimate of drug-likeness (QED) is 0.651. The van der Waals surface area contributed by atoms with E-state index in [1.807, 2.05) is 60.7 Å². The van der Waals surface area contributed by atoms with Gasteiger partial charge in [0.1, 0.15) is 11.9 Å². The highest BCUT2D eigenvalue weighted by molar-refractivity contribution is 5.79. The van der Waals surface area contributed by atoms with E-state index in [-0.39, 0.29) is 17.9 Å². The maximum atomic E-state index is 12.2. The molecule has 0 spiro atoms. The number of Topliss-reactive ketones (excluding diaryl/α,β-unsaturated/α-hetero) is 1. The topological polar surface area (TPSA) is 43.4 Å². The molecule has 3 nitrogen and oxygen atoms in total. The number of hydrogen-bond acceptors (Lipinski definition) is 3. The Labute approximate surface area is 143 Å². The van der Waals surface area contributed by atoms with Gasteiger partial charge in [-0.3, -0.25) is 9.59 Å². The molecular formula is C21H24O3. The number of esters is 1.